The third-order valence-electron chi connectivity index (χ3n) is 4.23. The molecule has 132 valence electrons. The second-order valence-corrected chi connectivity index (χ2v) is 6.18. The van der Waals surface area contributed by atoms with E-state index in [4.69, 9.17) is 4.42 Å². The van der Waals surface area contributed by atoms with Crippen LogP contribution in [0.1, 0.15) is 31.4 Å². The van der Waals surface area contributed by atoms with Gasteiger partial charge in [0, 0.05) is 24.5 Å². The molecule has 1 fully saturated rings. The number of rotatable bonds is 6. The highest BCUT2D eigenvalue weighted by molar-refractivity contribution is 6.03. The van der Waals surface area contributed by atoms with Gasteiger partial charge in [0.25, 0.3) is 0 Å². The van der Waals surface area contributed by atoms with E-state index in [9.17, 15) is 9.59 Å². The summed E-state index contributed by atoms with van der Waals surface area (Å²) in [5.74, 6) is -0.0106. The van der Waals surface area contributed by atoms with Gasteiger partial charge in [0.05, 0.1) is 12.8 Å². The minimum absolute atomic E-state index is 0.214. The van der Waals surface area contributed by atoms with E-state index in [0.717, 1.165) is 13.1 Å². The highest BCUT2D eigenvalue weighted by Gasteiger charge is 2.12. The van der Waals surface area contributed by atoms with Crippen molar-refractivity contribution in [1.82, 2.24) is 5.32 Å². The molecule has 1 aromatic heterocycles. The number of nitrogens with one attached hydrogen (secondary N) is 2. The van der Waals surface area contributed by atoms with Crippen LogP contribution in [-0.2, 0) is 16.1 Å². The first-order valence-corrected chi connectivity index (χ1v) is 8.65. The average Bonchev–Trinajstić information content (AvgIpc) is 3.15. The third-order valence-corrected chi connectivity index (χ3v) is 4.23. The lowest BCUT2D eigenvalue weighted by atomic mass is 10.1. The van der Waals surface area contributed by atoms with E-state index in [-0.39, 0.29) is 24.8 Å². The van der Waals surface area contributed by atoms with Crippen molar-refractivity contribution in [3.63, 3.8) is 0 Å². The van der Waals surface area contributed by atoms with Gasteiger partial charge in [0.15, 0.2) is 0 Å². The second-order valence-electron chi connectivity index (χ2n) is 6.18. The molecule has 0 unspecified atom stereocenters. The summed E-state index contributed by atoms with van der Waals surface area (Å²) in [4.78, 5) is 26.1. The number of nitrogens with zero attached hydrogens (tertiary/aromatic N) is 1. The summed E-state index contributed by atoms with van der Waals surface area (Å²) < 4.78 is 5.13. The van der Waals surface area contributed by atoms with Crippen LogP contribution in [0.4, 0.5) is 11.4 Å². The van der Waals surface area contributed by atoms with E-state index >= 15 is 0 Å². The Balaban J connectivity index is 1.44. The zero-order chi connectivity index (χ0) is 17.5. The van der Waals surface area contributed by atoms with Crippen molar-refractivity contribution in [2.45, 2.75) is 32.2 Å². The number of hydrogen-bond donors (Lipinski definition) is 2. The maximum absolute atomic E-state index is 12.0. The van der Waals surface area contributed by atoms with E-state index in [0.29, 0.717) is 11.4 Å². The van der Waals surface area contributed by atoms with Crippen molar-refractivity contribution in [3.05, 3.63) is 48.4 Å². The summed E-state index contributed by atoms with van der Waals surface area (Å²) in [5.41, 5.74) is 1.87. The van der Waals surface area contributed by atoms with Crippen molar-refractivity contribution in [2.24, 2.45) is 0 Å². The fourth-order valence-corrected chi connectivity index (χ4v) is 2.92. The van der Waals surface area contributed by atoms with E-state index in [2.05, 4.69) is 15.5 Å². The predicted molar refractivity (Wildman–Crippen MR) is 96.3 cm³/mol. The van der Waals surface area contributed by atoms with Crippen LogP contribution in [0.25, 0.3) is 0 Å². The molecule has 6 heteroatoms. The maximum atomic E-state index is 12.0. The number of anilines is 2. The molecular formula is C19H23N3O3. The Kier molecular flexibility index (Phi) is 5.72. The molecule has 25 heavy (non-hydrogen) atoms. The number of carbonyl (C=O) groups excluding carboxylic acids is 2. The highest BCUT2D eigenvalue weighted by atomic mass is 16.3. The summed E-state index contributed by atoms with van der Waals surface area (Å²) in [6, 6.07) is 11.3. The first-order valence-electron chi connectivity index (χ1n) is 8.65. The molecule has 0 saturated carbocycles. The molecule has 1 saturated heterocycles. The molecule has 0 spiro atoms. The van der Waals surface area contributed by atoms with Crippen LogP contribution >= 0.6 is 0 Å². The summed E-state index contributed by atoms with van der Waals surface area (Å²) in [6.45, 7) is 2.45. The summed E-state index contributed by atoms with van der Waals surface area (Å²) >= 11 is 0. The van der Waals surface area contributed by atoms with E-state index in [1.165, 1.54) is 24.9 Å². The molecular weight excluding hydrogens is 318 g/mol. The Morgan fingerprint density at radius 2 is 1.76 bits per heavy atom. The number of piperidine rings is 1. The molecule has 0 aliphatic carbocycles. The standard InChI is InChI=1S/C19H23N3O3/c23-18(20-14-17-5-4-12-25-17)13-19(24)21-15-6-8-16(9-7-15)22-10-2-1-3-11-22/h4-9,12H,1-3,10-11,13-14H2,(H,20,23)(H,21,24). The van der Waals surface area contributed by atoms with E-state index in [1.807, 2.05) is 24.3 Å². The molecule has 0 radical (unpaired) electrons. The lowest BCUT2D eigenvalue weighted by molar-refractivity contribution is -0.127. The smallest absolute Gasteiger partial charge is 0.233 e. The lowest BCUT2D eigenvalue weighted by Crippen LogP contribution is -2.29. The summed E-state index contributed by atoms with van der Waals surface area (Å²) in [6.07, 6.45) is 5.08. The van der Waals surface area contributed by atoms with Crippen molar-refractivity contribution >= 4 is 23.2 Å². The van der Waals surface area contributed by atoms with Crippen LogP contribution in [0.3, 0.4) is 0 Å². The zero-order valence-corrected chi connectivity index (χ0v) is 14.2. The topological polar surface area (TPSA) is 74.6 Å². The van der Waals surface area contributed by atoms with Crippen molar-refractivity contribution in [1.29, 1.82) is 0 Å². The molecule has 2 N–H and O–H groups in total. The van der Waals surface area contributed by atoms with Crippen LogP contribution in [0, 0.1) is 0 Å². The second kappa shape index (κ2) is 8.37. The van der Waals surface area contributed by atoms with E-state index < -0.39 is 0 Å². The fraction of sp³-hybridized carbons (Fsp3) is 0.368. The number of furan rings is 1. The summed E-state index contributed by atoms with van der Waals surface area (Å²) in [7, 11) is 0. The van der Waals surface area contributed by atoms with Crippen LogP contribution in [0.5, 0.6) is 0 Å². The molecule has 1 aromatic carbocycles. The largest absolute Gasteiger partial charge is 0.467 e. The van der Waals surface area contributed by atoms with Gasteiger partial charge in [-0.1, -0.05) is 0 Å². The van der Waals surface area contributed by atoms with Gasteiger partial charge >= 0.3 is 0 Å². The third kappa shape index (κ3) is 5.11. The van der Waals surface area contributed by atoms with Gasteiger partial charge in [-0.25, -0.2) is 0 Å². The molecule has 2 amide bonds. The zero-order valence-electron chi connectivity index (χ0n) is 14.2. The molecule has 0 atom stereocenters. The first-order chi connectivity index (χ1) is 12.2. The molecule has 2 aromatic rings. The number of benzene rings is 1. The normalized spacial score (nSPS) is 14.2. The molecule has 1 aliphatic heterocycles. The Morgan fingerprint density at radius 3 is 2.44 bits per heavy atom. The van der Waals surface area contributed by atoms with E-state index in [1.54, 1.807) is 18.4 Å². The van der Waals surface area contributed by atoms with Gasteiger partial charge in [0.2, 0.25) is 11.8 Å². The minimum atomic E-state index is -0.334. The number of amides is 2. The highest BCUT2D eigenvalue weighted by Crippen LogP contribution is 2.21. The Hall–Kier alpha value is -2.76. The Labute approximate surface area is 147 Å². The van der Waals surface area contributed by atoms with Crippen molar-refractivity contribution in [2.75, 3.05) is 23.3 Å². The SMILES string of the molecule is O=C(CC(=O)Nc1ccc(N2CCCCC2)cc1)NCc1ccco1. The number of carbonyl (C=O) groups is 2. The van der Waals surface area contributed by atoms with Crippen molar-refractivity contribution in [3.8, 4) is 0 Å². The number of hydrogen-bond acceptors (Lipinski definition) is 4. The minimum Gasteiger partial charge on any atom is -0.467 e. The molecule has 6 nitrogen and oxygen atoms in total. The van der Waals surface area contributed by atoms with Gasteiger partial charge in [0.1, 0.15) is 12.2 Å². The maximum Gasteiger partial charge on any atom is 0.233 e. The molecule has 0 bridgehead atoms. The predicted octanol–water partition coefficient (Wildman–Crippen LogP) is 2.91. The first kappa shape index (κ1) is 17.1. The summed E-state index contributed by atoms with van der Waals surface area (Å²) in [5, 5.41) is 5.41. The van der Waals surface area contributed by atoms with Gasteiger partial charge in [-0.15, -0.1) is 0 Å². The monoisotopic (exact) mass is 341 g/mol. The van der Waals surface area contributed by atoms with Crippen LogP contribution in [-0.4, -0.2) is 24.9 Å². The van der Waals surface area contributed by atoms with Gasteiger partial charge in [-0.05, 0) is 55.7 Å². The molecule has 3 rings (SSSR count). The Bertz CT molecular complexity index is 689. The Morgan fingerprint density at radius 1 is 1.00 bits per heavy atom. The van der Waals surface area contributed by atoms with Gasteiger partial charge in [-0.3, -0.25) is 9.59 Å². The van der Waals surface area contributed by atoms with Gasteiger partial charge < -0.3 is 20.0 Å². The van der Waals surface area contributed by atoms with Gasteiger partial charge in [-0.2, -0.15) is 0 Å². The van der Waals surface area contributed by atoms with Crippen LogP contribution < -0.4 is 15.5 Å². The average molecular weight is 341 g/mol. The lowest BCUT2D eigenvalue weighted by Gasteiger charge is -2.28. The van der Waals surface area contributed by atoms with Crippen LogP contribution in [0.15, 0.2) is 47.1 Å². The molecule has 1 aliphatic rings. The van der Waals surface area contributed by atoms with Crippen molar-refractivity contribution < 1.29 is 14.0 Å². The fourth-order valence-electron chi connectivity index (χ4n) is 2.92. The molecule has 2 heterocycles. The quantitative estimate of drug-likeness (QED) is 0.792. The van der Waals surface area contributed by atoms with Crippen LogP contribution in [0.2, 0.25) is 0 Å².